The summed E-state index contributed by atoms with van der Waals surface area (Å²) in [5.74, 6) is 0.169. The van der Waals surface area contributed by atoms with Gasteiger partial charge in [-0.3, -0.25) is 9.59 Å². The molecule has 0 saturated heterocycles. The third-order valence-corrected chi connectivity index (χ3v) is 3.61. The number of halogens is 2. The number of amides is 2. The summed E-state index contributed by atoms with van der Waals surface area (Å²) in [7, 11) is 0. The largest absolute Gasteiger partial charge is 0.355 e. The number of H-pyrrole nitrogens is 1. The Kier molecular flexibility index (Phi) is 6.43. The van der Waals surface area contributed by atoms with Crippen LogP contribution in [0.2, 0.25) is 10.0 Å². The monoisotopic (exact) mass is 354 g/mol. The van der Waals surface area contributed by atoms with Crippen LogP contribution in [-0.4, -0.2) is 34.9 Å². The van der Waals surface area contributed by atoms with Crippen LogP contribution in [0.4, 0.5) is 0 Å². The number of hydrogen-bond donors (Lipinski definition) is 3. The molecule has 0 aliphatic heterocycles. The molecule has 2 aromatic rings. The van der Waals surface area contributed by atoms with Gasteiger partial charge in [0.05, 0.1) is 17.1 Å². The molecule has 1 heterocycles. The molecule has 1 aromatic carbocycles. The van der Waals surface area contributed by atoms with Crippen molar-refractivity contribution in [3.05, 3.63) is 52.0 Å². The van der Waals surface area contributed by atoms with Gasteiger partial charge in [-0.2, -0.15) is 0 Å². The van der Waals surface area contributed by atoms with Gasteiger partial charge in [0.25, 0.3) is 5.91 Å². The third kappa shape index (κ3) is 5.58. The standard InChI is InChI=1S/C15H16Cl2N4O2/c16-10-3-4-12(17)11(8-10)15(23)21-9-14(22)20-5-1-2-13-18-6-7-19-13/h3-4,6-8H,1-2,5,9H2,(H,18,19)(H,20,22)(H,21,23). The number of benzene rings is 1. The highest BCUT2D eigenvalue weighted by atomic mass is 35.5. The SMILES string of the molecule is O=C(CNC(=O)c1cc(Cl)ccc1Cl)NCCCc1ncc[nH]1. The molecule has 0 spiro atoms. The number of aryl methyl sites for hydroxylation is 1. The fourth-order valence-corrected chi connectivity index (χ4v) is 2.28. The average molecular weight is 355 g/mol. The van der Waals surface area contributed by atoms with Gasteiger partial charge in [-0.1, -0.05) is 23.2 Å². The lowest BCUT2D eigenvalue weighted by molar-refractivity contribution is -0.120. The summed E-state index contributed by atoms with van der Waals surface area (Å²) < 4.78 is 0. The van der Waals surface area contributed by atoms with Crippen LogP contribution < -0.4 is 10.6 Å². The fourth-order valence-electron chi connectivity index (χ4n) is 1.91. The molecule has 0 bridgehead atoms. The second-order valence-electron chi connectivity index (χ2n) is 4.80. The van der Waals surface area contributed by atoms with Gasteiger partial charge in [-0.05, 0) is 24.6 Å². The lowest BCUT2D eigenvalue weighted by Crippen LogP contribution is -2.37. The van der Waals surface area contributed by atoms with Crippen LogP contribution in [0.1, 0.15) is 22.6 Å². The fraction of sp³-hybridized carbons (Fsp3) is 0.267. The second kappa shape index (κ2) is 8.55. The molecule has 3 N–H and O–H groups in total. The van der Waals surface area contributed by atoms with Crippen molar-refractivity contribution in [3.8, 4) is 0 Å². The van der Waals surface area contributed by atoms with Crippen LogP contribution in [0.15, 0.2) is 30.6 Å². The summed E-state index contributed by atoms with van der Waals surface area (Å²) in [4.78, 5) is 30.7. The van der Waals surface area contributed by atoms with Gasteiger partial charge in [-0.25, -0.2) is 4.98 Å². The predicted octanol–water partition coefficient (Wildman–Crippen LogP) is 2.20. The molecule has 0 aliphatic carbocycles. The van der Waals surface area contributed by atoms with Crippen molar-refractivity contribution < 1.29 is 9.59 Å². The van der Waals surface area contributed by atoms with Crippen molar-refractivity contribution >= 4 is 35.0 Å². The van der Waals surface area contributed by atoms with Crippen LogP contribution in [-0.2, 0) is 11.2 Å². The van der Waals surface area contributed by atoms with Gasteiger partial charge in [0.15, 0.2) is 0 Å². The normalized spacial score (nSPS) is 10.3. The number of aromatic nitrogens is 2. The van der Waals surface area contributed by atoms with E-state index in [0.717, 1.165) is 18.7 Å². The molecule has 8 heteroatoms. The van der Waals surface area contributed by atoms with Gasteiger partial charge < -0.3 is 15.6 Å². The summed E-state index contributed by atoms with van der Waals surface area (Å²) >= 11 is 11.8. The molecule has 0 saturated carbocycles. The maximum Gasteiger partial charge on any atom is 0.253 e. The highest BCUT2D eigenvalue weighted by molar-refractivity contribution is 6.35. The van der Waals surface area contributed by atoms with E-state index in [1.807, 2.05) is 0 Å². The predicted molar refractivity (Wildman–Crippen MR) is 88.7 cm³/mol. The van der Waals surface area contributed by atoms with Gasteiger partial charge in [0.1, 0.15) is 5.82 Å². The molecule has 23 heavy (non-hydrogen) atoms. The number of carbonyl (C=O) groups excluding carboxylic acids is 2. The molecule has 1 aromatic heterocycles. The van der Waals surface area contributed by atoms with E-state index in [9.17, 15) is 9.59 Å². The van der Waals surface area contributed by atoms with Gasteiger partial charge in [0, 0.05) is 30.4 Å². The minimum Gasteiger partial charge on any atom is -0.355 e. The number of imidazole rings is 1. The van der Waals surface area contributed by atoms with Crippen LogP contribution >= 0.6 is 23.2 Å². The summed E-state index contributed by atoms with van der Waals surface area (Å²) in [5, 5.41) is 5.92. The van der Waals surface area contributed by atoms with E-state index in [1.54, 1.807) is 18.5 Å². The number of nitrogens with one attached hydrogen (secondary N) is 3. The maximum atomic E-state index is 12.0. The second-order valence-corrected chi connectivity index (χ2v) is 5.64. The van der Waals surface area contributed by atoms with Crippen LogP contribution in [0.25, 0.3) is 0 Å². The van der Waals surface area contributed by atoms with Crippen LogP contribution in [0.5, 0.6) is 0 Å². The first-order chi connectivity index (χ1) is 11.1. The molecular formula is C15H16Cl2N4O2. The van der Waals surface area contributed by atoms with Gasteiger partial charge in [0.2, 0.25) is 5.91 Å². The summed E-state index contributed by atoms with van der Waals surface area (Å²) in [6.45, 7) is 0.385. The Hall–Kier alpha value is -2.05. The van der Waals surface area contributed by atoms with Crippen molar-refractivity contribution in [3.63, 3.8) is 0 Å². The number of carbonyl (C=O) groups is 2. The zero-order valence-corrected chi connectivity index (χ0v) is 13.7. The van der Waals surface area contributed by atoms with Crippen molar-refractivity contribution in [1.29, 1.82) is 0 Å². The first kappa shape index (κ1) is 17.3. The van der Waals surface area contributed by atoms with E-state index < -0.39 is 5.91 Å². The van der Waals surface area contributed by atoms with Crippen molar-refractivity contribution in [2.75, 3.05) is 13.1 Å². The van der Waals surface area contributed by atoms with Gasteiger partial charge >= 0.3 is 0 Å². The number of hydrogen-bond acceptors (Lipinski definition) is 3. The molecule has 2 amide bonds. The van der Waals surface area contributed by atoms with Crippen LogP contribution in [0.3, 0.4) is 0 Å². The summed E-state index contributed by atoms with van der Waals surface area (Å²) in [6.07, 6.45) is 4.94. The summed E-state index contributed by atoms with van der Waals surface area (Å²) in [5.41, 5.74) is 0.241. The van der Waals surface area contributed by atoms with E-state index in [0.29, 0.717) is 11.6 Å². The molecule has 0 radical (unpaired) electrons. The Morgan fingerprint density at radius 1 is 1.22 bits per heavy atom. The van der Waals surface area contributed by atoms with E-state index in [-0.39, 0.29) is 23.0 Å². The van der Waals surface area contributed by atoms with Gasteiger partial charge in [-0.15, -0.1) is 0 Å². The zero-order valence-electron chi connectivity index (χ0n) is 12.2. The molecule has 0 fully saturated rings. The Morgan fingerprint density at radius 2 is 2.04 bits per heavy atom. The minimum absolute atomic E-state index is 0.123. The number of nitrogens with zero attached hydrogens (tertiary/aromatic N) is 1. The van der Waals surface area contributed by atoms with Crippen molar-refractivity contribution in [2.24, 2.45) is 0 Å². The van der Waals surface area contributed by atoms with Crippen LogP contribution in [0, 0.1) is 0 Å². The number of aromatic amines is 1. The van der Waals surface area contributed by atoms with E-state index in [2.05, 4.69) is 20.6 Å². The Bertz CT molecular complexity index is 674. The Balaban J connectivity index is 1.69. The molecule has 0 unspecified atom stereocenters. The molecular weight excluding hydrogens is 339 g/mol. The maximum absolute atomic E-state index is 12.0. The number of rotatable bonds is 7. The molecule has 0 aliphatic rings. The topological polar surface area (TPSA) is 86.9 Å². The Labute approximate surface area is 143 Å². The van der Waals surface area contributed by atoms with E-state index in [1.165, 1.54) is 12.1 Å². The molecule has 122 valence electrons. The lowest BCUT2D eigenvalue weighted by Gasteiger charge is -2.08. The Morgan fingerprint density at radius 3 is 2.78 bits per heavy atom. The minimum atomic E-state index is -0.441. The third-order valence-electron chi connectivity index (χ3n) is 3.05. The zero-order chi connectivity index (χ0) is 16.7. The average Bonchev–Trinajstić information content (AvgIpc) is 3.05. The quantitative estimate of drug-likeness (QED) is 0.666. The highest BCUT2D eigenvalue weighted by Crippen LogP contribution is 2.20. The van der Waals surface area contributed by atoms with Crippen molar-refractivity contribution in [2.45, 2.75) is 12.8 Å². The lowest BCUT2D eigenvalue weighted by atomic mass is 10.2. The molecule has 0 atom stereocenters. The highest BCUT2D eigenvalue weighted by Gasteiger charge is 2.12. The van der Waals surface area contributed by atoms with E-state index >= 15 is 0 Å². The first-order valence-electron chi connectivity index (χ1n) is 7.04. The molecule has 6 nitrogen and oxygen atoms in total. The first-order valence-corrected chi connectivity index (χ1v) is 7.80. The smallest absolute Gasteiger partial charge is 0.253 e. The molecule has 2 rings (SSSR count). The summed E-state index contributed by atoms with van der Waals surface area (Å²) in [6, 6.07) is 4.58. The van der Waals surface area contributed by atoms with E-state index in [4.69, 9.17) is 23.2 Å². The van der Waals surface area contributed by atoms with Crippen molar-refractivity contribution in [1.82, 2.24) is 20.6 Å².